The fourth-order valence-corrected chi connectivity index (χ4v) is 2.13. The predicted molar refractivity (Wildman–Crippen MR) is 86.8 cm³/mol. The molecule has 0 radical (unpaired) electrons. The van der Waals surface area contributed by atoms with Crippen LogP contribution in [0.1, 0.15) is 17.0 Å². The number of ether oxygens (including phenoxy) is 2. The van der Waals surface area contributed by atoms with Crippen LogP contribution in [0.4, 0.5) is 9.59 Å². The summed E-state index contributed by atoms with van der Waals surface area (Å²) < 4.78 is 11.9. The van der Waals surface area contributed by atoms with Crippen LogP contribution >= 0.6 is 0 Å². The molecule has 1 heterocycles. The molecule has 2 aromatic rings. The highest BCUT2D eigenvalue weighted by Gasteiger charge is 2.18. The highest BCUT2D eigenvalue weighted by atomic mass is 16.6. The van der Waals surface area contributed by atoms with Crippen molar-refractivity contribution < 1.29 is 19.1 Å². The van der Waals surface area contributed by atoms with E-state index in [0.29, 0.717) is 11.3 Å². The Kier molecular flexibility index (Phi) is 5.78. The van der Waals surface area contributed by atoms with Crippen LogP contribution in [0.25, 0.3) is 5.69 Å². The zero-order chi connectivity index (χ0) is 17.5. The van der Waals surface area contributed by atoms with Crippen LogP contribution in [0.15, 0.2) is 30.3 Å². The van der Waals surface area contributed by atoms with Crippen LogP contribution in [-0.2, 0) is 22.7 Å². The molecule has 2 rings (SSSR count). The maximum absolute atomic E-state index is 11.3. The molecule has 0 aliphatic heterocycles. The van der Waals surface area contributed by atoms with Crippen molar-refractivity contribution in [3.05, 3.63) is 47.3 Å². The summed E-state index contributed by atoms with van der Waals surface area (Å²) in [5.41, 5.74) is 2.90. The van der Waals surface area contributed by atoms with Crippen molar-refractivity contribution in [3.8, 4) is 5.69 Å². The van der Waals surface area contributed by atoms with Crippen LogP contribution < -0.4 is 10.6 Å². The summed E-state index contributed by atoms with van der Waals surface area (Å²) in [6.45, 7) is 1.88. The maximum Gasteiger partial charge on any atom is 0.407 e. The molecular weight excluding hydrogens is 312 g/mol. The predicted octanol–water partition coefficient (Wildman–Crippen LogP) is 1.89. The van der Waals surface area contributed by atoms with E-state index in [0.717, 1.165) is 11.4 Å². The molecule has 0 saturated heterocycles. The van der Waals surface area contributed by atoms with E-state index in [1.54, 1.807) is 4.68 Å². The third-order valence-corrected chi connectivity index (χ3v) is 3.42. The Hall–Kier alpha value is -3.03. The fourth-order valence-electron chi connectivity index (χ4n) is 2.13. The van der Waals surface area contributed by atoms with Gasteiger partial charge in [-0.3, -0.25) is 0 Å². The van der Waals surface area contributed by atoms with Gasteiger partial charge in [0.1, 0.15) is 18.9 Å². The number of nitrogens with zero attached hydrogens (tertiary/aromatic N) is 2. The summed E-state index contributed by atoms with van der Waals surface area (Å²) >= 11 is 0. The van der Waals surface area contributed by atoms with Gasteiger partial charge in [-0.2, -0.15) is 5.10 Å². The van der Waals surface area contributed by atoms with Crippen molar-refractivity contribution in [3.63, 3.8) is 0 Å². The normalized spacial score (nSPS) is 10.1. The van der Waals surface area contributed by atoms with Crippen LogP contribution in [0.2, 0.25) is 0 Å². The second-order valence-corrected chi connectivity index (χ2v) is 4.91. The van der Waals surface area contributed by atoms with Gasteiger partial charge in [0.2, 0.25) is 0 Å². The average molecular weight is 332 g/mol. The molecule has 24 heavy (non-hydrogen) atoms. The van der Waals surface area contributed by atoms with Crippen LogP contribution in [0.5, 0.6) is 0 Å². The van der Waals surface area contributed by atoms with E-state index < -0.39 is 12.2 Å². The van der Waals surface area contributed by atoms with Crippen molar-refractivity contribution in [1.29, 1.82) is 0 Å². The highest BCUT2D eigenvalue weighted by Crippen LogP contribution is 2.20. The molecule has 0 aliphatic rings. The molecule has 2 N–H and O–H groups in total. The van der Waals surface area contributed by atoms with Gasteiger partial charge in [-0.15, -0.1) is 0 Å². The number of benzene rings is 1. The molecule has 0 atom stereocenters. The SMILES string of the molecule is CNC(=O)OCc1nn(-c2ccccc2)c(C)c1COC(=O)NC. The van der Waals surface area contributed by atoms with Gasteiger partial charge in [-0.1, -0.05) is 18.2 Å². The van der Waals surface area contributed by atoms with Gasteiger partial charge in [-0.05, 0) is 19.1 Å². The van der Waals surface area contributed by atoms with Gasteiger partial charge in [0, 0.05) is 25.4 Å². The Morgan fingerprint density at radius 3 is 2.21 bits per heavy atom. The number of para-hydroxylation sites is 1. The van der Waals surface area contributed by atoms with Crippen LogP contribution in [0, 0.1) is 6.92 Å². The lowest BCUT2D eigenvalue weighted by atomic mass is 10.2. The van der Waals surface area contributed by atoms with Gasteiger partial charge in [-0.25, -0.2) is 14.3 Å². The largest absolute Gasteiger partial charge is 0.445 e. The maximum atomic E-state index is 11.3. The first kappa shape index (κ1) is 17.3. The van der Waals surface area contributed by atoms with Gasteiger partial charge in [0.25, 0.3) is 0 Å². The molecule has 0 unspecified atom stereocenters. The summed E-state index contributed by atoms with van der Waals surface area (Å²) in [6.07, 6.45) is -1.10. The Labute approximate surface area is 139 Å². The molecule has 8 nitrogen and oxygen atoms in total. The molecule has 0 fully saturated rings. The number of amides is 2. The first-order valence-corrected chi connectivity index (χ1v) is 7.38. The highest BCUT2D eigenvalue weighted by molar-refractivity contribution is 5.67. The van der Waals surface area contributed by atoms with E-state index in [9.17, 15) is 9.59 Å². The number of hydrogen-bond donors (Lipinski definition) is 2. The van der Waals surface area contributed by atoms with Crippen molar-refractivity contribution in [1.82, 2.24) is 20.4 Å². The van der Waals surface area contributed by atoms with Crippen LogP contribution in [-0.4, -0.2) is 36.1 Å². The Balaban J connectivity index is 2.31. The van der Waals surface area contributed by atoms with Gasteiger partial charge >= 0.3 is 12.2 Å². The number of hydrogen-bond acceptors (Lipinski definition) is 5. The number of alkyl carbamates (subject to hydrolysis) is 2. The lowest BCUT2D eigenvalue weighted by Gasteiger charge is -2.07. The molecule has 0 aliphatic carbocycles. The molecule has 2 amide bonds. The van der Waals surface area contributed by atoms with Crippen molar-refractivity contribution in [2.75, 3.05) is 14.1 Å². The molecule has 0 saturated carbocycles. The molecule has 8 heteroatoms. The summed E-state index contributed by atoms with van der Waals surface area (Å²) in [4.78, 5) is 22.6. The minimum atomic E-state index is -0.555. The van der Waals surface area contributed by atoms with E-state index in [-0.39, 0.29) is 13.2 Å². The molecule has 1 aromatic heterocycles. The number of carbonyl (C=O) groups is 2. The Bertz CT molecular complexity index is 712. The number of aromatic nitrogens is 2. The Morgan fingerprint density at radius 1 is 1.04 bits per heavy atom. The summed E-state index contributed by atoms with van der Waals surface area (Å²) in [5.74, 6) is 0. The number of rotatable bonds is 5. The minimum absolute atomic E-state index is 0.0210. The quantitative estimate of drug-likeness (QED) is 0.872. The molecule has 0 bridgehead atoms. The number of carbonyl (C=O) groups excluding carboxylic acids is 2. The standard InChI is InChI=1S/C16H20N4O4/c1-11-13(9-23-15(21)17-2)14(10-24-16(22)18-3)19-20(11)12-7-5-4-6-8-12/h4-8H,9-10H2,1-3H3,(H,17,21)(H,18,22). The topological polar surface area (TPSA) is 94.5 Å². The second kappa shape index (κ2) is 8.00. The van der Waals surface area contributed by atoms with E-state index in [1.165, 1.54) is 14.1 Å². The zero-order valence-corrected chi connectivity index (χ0v) is 13.8. The molecular formula is C16H20N4O4. The summed E-state index contributed by atoms with van der Waals surface area (Å²) in [5, 5.41) is 9.25. The van der Waals surface area contributed by atoms with Crippen LogP contribution in [0.3, 0.4) is 0 Å². The van der Waals surface area contributed by atoms with Gasteiger partial charge < -0.3 is 20.1 Å². The van der Waals surface area contributed by atoms with E-state index in [2.05, 4.69) is 15.7 Å². The van der Waals surface area contributed by atoms with Crippen molar-refractivity contribution >= 4 is 12.2 Å². The second-order valence-electron chi connectivity index (χ2n) is 4.91. The van der Waals surface area contributed by atoms with Gasteiger partial charge in [0.15, 0.2) is 0 Å². The first-order chi connectivity index (χ1) is 11.6. The third kappa shape index (κ3) is 4.03. The molecule has 128 valence electrons. The van der Waals surface area contributed by atoms with Crippen molar-refractivity contribution in [2.45, 2.75) is 20.1 Å². The summed E-state index contributed by atoms with van der Waals surface area (Å²) in [6, 6.07) is 9.53. The van der Waals surface area contributed by atoms with Crippen molar-refractivity contribution in [2.24, 2.45) is 0 Å². The number of nitrogens with one attached hydrogen (secondary N) is 2. The monoisotopic (exact) mass is 332 g/mol. The molecule has 0 spiro atoms. The Morgan fingerprint density at radius 2 is 1.62 bits per heavy atom. The zero-order valence-electron chi connectivity index (χ0n) is 13.8. The third-order valence-electron chi connectivity index (χ3n) is 3.42. The molecule has 1 aromatic carbocycles. The first-order valence-electron chi connectivity index (χ1n) is 7.38. The van der Waals surface area contributed by atoms with E-state index in [1.807, 2.05) is 37.3 Å². The van der Waals surface area contributed by atoms with E-state index in [4.69, 9.17) is 9.47 Å². The fraction of sp³-hybridized carbons (Fsp3) is 0.312. The van der Waals surface area contributed by atoms with Gasteiger partial charge in [0.05, 0.1) is 5.69 Å². The summed E-state index contributed by atoms with van der Waals surface area (Å²) in [7, 11) is 2.96. The minimum Gasteiger partial charge on any atom is -0.445 e. The lowest BCUT2D eigenvalue weighted by molar-refractivity contribution is 0.133. The smallest absolute Gasteiger partial charge is 0.407 e. The average Bonchev–Trinajstić information content (AvgIpc) is 2.94. The van der Waals surface area contributed by atoms with E-state index >= 15 is 0 Å². The lowest BCUT2D eigenvalue weighted by Crippen LogP contribution is -2.20.